The van der Waals surface area contributed by atoms with E-state index >= 15 is 0 Å². The highest BCUT2D eigenvalue weighted by Crippen LogP contribution is 2.51. The molecular weight excluding hydrogens is 436 g/mol. The Morgan fingerprint density at radius 1 is 1.06 bits per heavy atom. The molecule has 5 rings (SSSR count). The minimum Gasteiger partial charge on any atom is -0.293 e. The van der Waals surface area contributed by atoms with Gasteiger partial charge in [0.25, 0.3) is 0 Å². The fourth-order valence-electron chi connectivity index (χ4n) is 4.06. The molecule has 1 spiro atoms. The van der Waals surface area contributed by atoms with Crippen molar-refractivity contribution in [2.45, 2.75) is 24.0 Å². The lowest BCUT2D eigenvalue weighted by molar-refractivity contribution is 0.243. The molecule has 3 aromatic rings. The molecule has 4 nitrogen and oxygen atoms in total. The molecule has 1 aromatic heterocycles. The van der Waals surface area contributed by atoms with Crippen LogP contribution in [0.1, 0.15) is 18.5 Å². The lowest BCUT2D eigenvalue weighted by Gasteiger charge is -2.39. The van der Waals surface area contributed by atoms with Crippen molar-refractivity contribution in [3.05, 3.63) is 59.8 Å². The predicted molar refractivity (Wildman–Crippen MR) is 122 cm³/mol. The molecule has 1 aliphatic carbocycles. The Balaban J connectivity index is 1.46. The number of nitrogens with zero attached hydrogens (tertiary/aromatic N) is 3. The quantitative estimate of drug-likeness (QED) is 0.429. The van der Waals surface area contributed by atoms with Gasteiger partial charge in [-0.2, -0.15) is 0 Å². The average molecular weight is 458 g/mol. The first-order chi connectivity index (χ1) is 14.9. The van der Waals surface area contributed by atoms with Crippen molar-refractivity contribution in [1.29, 1.82) is 0 Å². The summed E-state index contributed by atoms with van der Waals surface area (Å²) in [7, 11) is 0. The Bertz CT molecular complexity index is 1160. The number of anilines is 2. The fraction of sp³-hybridized carbons (Fsp3) is 0.304. The zero-order valence-electron chi connectivity index (χ0n) is 17.2. The van der Waals surface area contributed by atoms with Gasteiger partial charge in [0.2, 0.25) is 0 Å². The Kier molecular flexibility index (Phi) is 5.01. The van der Waals surface area contributed by atoms with E-state index in [1.165, 1.54) is 6.07 Å². The van der Waals surface area contributed by atoms with Crippen LogP contribution in [0.3, 0.4) is 0 Å². The first-order valence-electron chi connectivity index (χ1n) is 10.1. The summed E-state index contributed by atoms with van der Waals surface area (Å²) in [6.45, 7) is 3.32. The molecule has 160 valence electrons. The summed E-state index contributed by atoms with van der Waals surface area (Å²) < 4.78 is 28.8. The van der Waals surface area contributed by atoms with Crippen LogP contribution in [0.5, 0.6) is 0 Å². The van der Waals surface area contributed by atoms with Crippen molar-refractivity contribution in [2.24, 2.45) is 5.41 Å². The van der Waals surface area contributed by atoms with E-state index in [1.54, 1.807) is 57.2 Å². The number of carbonyl (C=O) groups excluding carboxylic acids is 1. The molecular formula is C23H21F2N3OS2. The highest BCUT2D eigenvalue weighted by Gasteiger charge is 2.52. The van der Waals surface area contributed by atoms with Crippen molar-refractivity contribution < 1.29 is 13.6 Å². The van der Waals surface area contributed by atoms with Gasteiger partial charge >= 0.3 is 6.03 Å². The lowest BCUT2D eigenvalue weighted by Crippen LogP contribution is -2.55. The van der Waals surface area contributed by atoms with Crippen LogP contribution in [0.4, 0.5) is 24.4 Å². The summed E-state index contributed by atoms with van der Waals surface area (Å²) in [5, 5.41) is 0.737. The zero-order chi connectivity index (χ0) is 21.8. The summed E-state index contributed by atoms with van der Waals surface area (Å²) in [5.41, 5.74) is 2.58. The van der Waals surface area contributed by atoms with E-state index < -0.39 is 11.6 Å². The summed E-state index contributed by atoms with van der Waals surface area (Å²) in [4.78, 5) is 21.6. The molecule has 0 atom stereocenters. The SMILES string of the molecule is CSc1sc(N2CC3(CC3)CN(c3ccc(-c4cc(F)ccc4F)cc3)C2=O)nc1C. The van der Waals surface area contributed by atoms with Gasteiger partial charge in [0.1, 0.15) is 11.6 Å². The smallest absolute Gasteiger partial charge is 0.293 e. The van der Waals surface area contributed by atoms with Gasteiger partial charge in [0.15, 0.2) is 5.13 Å². The third-order valence-corrected chi connectivity index (χ3v) is 8.37. The van der Waals surface area contributed by atoms with Crippen LogP contribution >= 0.6 is 23.1 Å². The molecule has 1 aliphatic heterocycles. The van der Waals surface area contributed by atoms with Crippen molar-refractivity contribution in [1.82, 2.24) is 4.98 Å². The number of aryl methyl sites for hydroxylation is 1. The maximum Gasteiger partial charge on any atom is 0.330 e. The van der Waals surface area contributed by atoms with E-state index in [0.29, 0.717) is 18.7 Å². The molecule has 1 saturated heterocycles. The normalized spacial score (nSPS) is 17.5. The van der Waals surface area contributed by atoms with E-state index in [0.717, 1.165) is 45.7 Å². The number of thiazole rings is 1. The van der Waals surface area contributed by atoms with Gasteiger partial charge in [-0.05, 0) is 61.9 Å². The van der Waals surface area contributed by atoms with E-state index in [2.05, 4.69) is 4.98 Å². The molecule has 8 heteroatoms. The number of aromatic nitrogens is 1. The number of halogens is 2. The number of thioether (sulfide) groups is 1. The van der Waals surface area contributed by atoms with E-state index in [9.17, 15) is 13.6 Å². The maximum absolute atomic E-state index is 14.1. The third kappa shape index (κ3) is 3.72. The molecule has 2 aliphatic rings. The molecule has 2 amide bonds. The van der Waals surface area contributed by atoms with Crippen LogP contribution in [0.25, 0.3) is 11.1 Å². The van der Waals surface area contributed by atoms with Gasteiger partial charge < -0.3 is 0 Å². The van der Waals surface area contributed by atoms with Gasteiger partial charge in [-0.25, -0.2) is 18.6 Å². The van der Waals surface area contributed by atoms with Gasteiger partial charge in [0, 0.05) is 29.8 Å². The second-order valence-corrected chi connectivity index (χ2v) is 10.3. The second kappa shape index (κ2) is 7.60. The predicted octanol–water partition coefficient (Wildman–Crippen LogP) is 6.35. The van der Waals surface area contributed by atoms with Gasteiger partial charge in [0.05, 0.1) is 9.90 Å². The van der Waals surface area contributed by atoms with Crippen molar-refractivity contribution >= 4 is 39.9 Å². The van der Waals surface area contributed by atoms with Crippen molar-refractivity contribution in [3.8, 4) is 11.1 Å². The second-order valence-electron chi connectivity index (χ2n) is 8.20. The van der Waals surface area contributed by atoms with Crippen LogP contribution in [-0.2, 0) is 0 Å². The summed E-state index contributed by atoms with van der Waals surface area (Å²) in [5.74, 6) is -0.962. The lowest BCUT2D eigenvalue weighted by atomic mass is 10.0. The number of benzene rings is 2. The van der Waals surface area contributed by atoms with Gasteiger partial charge in [-0.3, -0.25) is 9.80 Å². The summed E-state index contributed by atoms with van der Waals surface area (Å²) in [6.07, 6.45) is 4.18. The molecule has 0 radical (unpaired) electrons. The van der Waals surface area contributed by atoms with Crippen LogP contribution < -0.4 is 9.80 Å². The third-order valence-electron chi connectivity index (χ3n) is 5.98. The van der Waals surface area contributed by atoms with E-state index in [-0.39, 0.29) is 17.0 Å². The molecule has 31 heavy (non-hydrogen) atoms. The first-order valence-corrected chi connectivity index (χ1v) is 12.1. The number of rotatable bonds is 4. The highest BCUT2D eigenvalue weighted by atomic mass is 32.2. The van der Waals surface area contributed by atoms with Crippen LogP contribution in [0.2, 0.25) is 0 Å². The largest absolute Gasteiger partial charge is 0.330 e. The number of urea groups is 1. The molecule has 0 bridgehead atoms. The van der Waals surface area contributed by atoms with Crippen molar-refractivity contribution in [2.75, 3.05) is 29.1 Å². The molecule has 0 unspecified atom stereocenters. The maximum atomic E-state index is 14.1. The van der Waals surface area contributed by atoms with Crippen LogP contribution in [-0.4, -0.2) is 30.4 Å². The zero-order valence-corrected chi connectivity index (χ0v) is 18.8. The molecule has 2 aromatic carbocycles. The van der Waals surface area contributed by atoms with Gasteiger partial charge in [-0.1, -0.05) is 23.5 Å². The minimum absolute atomic E-state index is 0.0939. The Hall–Kier alpha value is -2.45. The standard InChI is InChI=1S/C23H21F2N3OS2/c1-14-20(30-2)31-21(26-14)28-13-23(9-10-23)12-27(22(28)29)17-6-3-15(4-7-17)18-11-16(24)5-8-19(18)25/h3-8,11H,9-10,12-13H2,1-2H3. The molecule has 2 fully saturated rings. The Morgan fingerprint density at radius 2 is 1.77 bits per heavy atom. The van der Waals surface area contributed by atoms with E-state index in [4.69, 9.17) is 0 Å². The average Bonchev–Trinajstić information content (AvgIpc) is 3.42. The van der Waals surface area contributed by atoms with Crippen molar-refractivity contribution in [3.63, 3.8) is 0 Å². The van der Waals surface area contributed by atoms with Crippen LogP contribution in [0.15, 0.2) is 46.7 Å². The minimum atomic E-state index is -0.485. The summed E-state index contributed by atoms with van der Waals surface area (Å²) in [6, 6.07) is 10.4. The number of amides is 2. The molecule has 1 saturated carbocycles. The summed E-state index contributed by atoms with van der Waals surface area (Å²) >= 11 is 3.19. The molecule has 0 N–H and O–H groups in total. The Labute approximate surface area is 187 Å². The number of hydrogen-bond donors (Lipinski definition) is 0. The molecule has 2 heterocycles. The number of carbonyl (C=O) groups is 1. The van der Waals surface area contributed by atoms with E-state index in [1.807, 2.05) is 13.2 Å². The Morgan fingerprint density at radius 3 is 2.42 bits per heavy atom. The fourth-order valence-corrected chi connectivity index (χ4v) is 5.75. The highest BCUT2D eigenvalue weighted by molar-refractivity contribution is 8.00. The van der Waals surface area contributed by atoms with Crippen LogP contribution in [0, 0.1) is 24.0 Å². The number of hydrogen-bond acceptors (Lipinski definition) is 4. The van der Waals surface area contributed by atoms with Gasteiger partial charge in [-0.15, -0.1) is 11.8 Å². The monoisotopic (exact) mass is 457 g/mol. The first kappa shape index (κ1) is 20.5. The topological polar surface area (TPSA) is 36.4 Å².